The first-order valence-electron chi connectivity index (χ1n) is 7.12. The van der Waals surface area contributed by atoms with Gasteiger partial charge in [0.1, 0.15) is 5.75 Å². The molecule has 0 spiro atoms. The molecule has 1 N–H and O–H groups in total. The smallest absolute Gasteiger partial charge is 0.317 e. The normalized spacial score (nSPS) is 19.6. The second kappa shape index (κ2) is 5.81. The number of benzene rings is 1. The molecule has 0 aromatic heterocycles. The molecule has 108 valence electrons. The molecule has 1 aromatic carbocycles. The Morgan fingerprint density at radius 2 is 1.95 bits per heavy atom. The van der Waals surface area contributed by atoms with Gasteiger partial charge in [0.15, 0.2) is 0 Å². The Bertz CT molecular complexity index is 496. The van der Waals surface area contributed by atoms with Gasteiger partial charge in [-0.15, -0.1) is 0 Å². The molecule has 2 aliphatic rings. The van der Waals surface area contributed by atoms with Crippen molar-refractivity contribution < 1.29 is 14.6 Å². The van der Waals surface area contributed by atoms with E-state index in [4.69, 9.17) is 9.84 Å². The quantitative estimate of drug-likeness (QED) is 0.882. The number of ether oxygens (including phenoxy) is 1. The zero-order valence-corrected chi connectivity index (χ0v) is 11.5. The van der Waals surface area contributed by atoms with Crippen LogP contribution in [0.2, 0.25) is 0 Å². The Labute approximate surface area is 118 Å². The number of rotatable bonds is 4. The fourth-order valence-electron chi connectivity index (χ4n) is 2.89. The molecule has 2 aliphatic heterocycles. The molecular weight excluding hydrogens is 256 g/mol. The van der Waals surface area contributed by atoms with Crippen molar-refractivity contribution >= 4 is 5.97 Å². The number of carboxylic acids is 1. The average molecular weight is 276 g/mol. The SMILES string of the molecule is O=C(O)CN1CCN(Cc2ccc3c(c2)CCO3)CC1. The Morgan fingerprint density at radius 3 is 2.70 bits per heavy atom. The van der Waals surface area contributed by atoms with Crippen LogP contribution in [0.5, 0.6) is 5.75 Å². The zero-order valence-electron chi connectivity index (χ0n) is 11.5. The summed E-state index contributed by atoms with van der Waals surface area (Å²) >= 11 is 0. The lowest BCUT2D eigenvalue weighted by Crippen LogP contribution is -2.47. The summed E-state index contributed by atoms with van der Waals surface area (Å²) in [7, 11) is 0. The van der Waals surface area contributed by atoms with Crippen molar-refractivity contribution in [3.63, 3.8) is 0 Å². The first kappa shape index (κ1) is 13.4. The molecule has 0 atom stereocenters. The Balaban J connectivity index is 1.53. The summed E-state index contributed by atoms with van der Waals surface area (Å²) in [6, 6.07) is 6.44. The van der Waals surface area contributed by atoms with E-state index in [-0.39, 0.29) is 6.54 Å². The van der Waals surface area contributed by atoms with Gasteiger partial charge in [-0.3, -0.25) is 14.6 Å². The first-order valence-corrected chi connectivity index (χ1v) is 7.12. The minimum Gasteiger partial charge on any atom is -0.493 e. The topological polar surface area (TPSA) is 53.0 Å². The minimum absolute atomic E-state index is 0.157. The van der Waals surface area contributed by atoms with E-state index in [0.29, 0.717) is 0 Å². The number of hydrogen-bond donors (Lipinski definition) is 1. The Morgan fingerprint density at radius 1 is 1.20 bits per heavy atom. The van der Waals surface area contributed by atoms with Gasteiger partial charge in [0.25, 0.3) is 0 Å². The van der Waals surface area contributed by atoms with Gasteiger partial charge in [0, 0.05) is 39.1 Å². The molecule has 5 nitrogen and oxygen atoms in total. The van der Waals surface area contributed by atoms with E-state index in [2.05, 4.69) is 23.1 Å². The van der Waals surface area contributed by atoms with E-state index in [0.717, 1.165) is 51.5 Å². The summed E-state index contributed by atoms with van der Waals surface area (Å²) < 4.78 is 5.52. The second-order valence-electron chi connectivity index (χ2n) is 5.49. The number of fused-ring (bicyclic) bond motifs is 1. The lowest BCUT2D eigenvalue weighted by atomic mass is 10.1. The zero-order chi connectivity index (χ0) is 13.9. The van der Waals surface area contributed by atoms with E-state index in [9.17, 15) is 4.79 Å². The lowest BCUT2D eigenvalue weighted by molar-refractivity contribution is -0.138. The molecule has 5 heteroatoms. The van der Waals surface area contributed by atoms with E-state index < -0.39 is 5.97 Å². The monoisotopic (exact) mass is 276 g/mol. The van der Waals surface area contributed by atoms with Crippen LogP contribution in [0.15, 0.2) is 18.2 Å². The number of carboxylic acid groups (broad SMARTS) is 1. The van der Waals surface area contributed by atoms with Crippen LogP contribution in [0.1, 0.15) is 11.1 Å². The summed E-state index contributed by atoms with van der Waals surface area (Å²) in [6.07, 6.45) is 1.01. The fraction of sp³-hybridized carbons (Fsp3) is 0.533. The Kier molecular flexibility index (Phi) is 3.89. The predicted molar refractivity (Wildman–Crippen MR) is 75.0 cm³/mol. The highest BCUT2D eigenvalue weighted by Gasteiger charge is 2.19. The molecule has 0 bridgehead atoms. The molecule has 3 rings (SSSR count). The van der Waals surface area contributed by atoms with Crippen LogP contribution in [0.25, 0.3) is 0 Å². The minimum atomic E-state index is -0.739. The highest BCUT2D eigenvalue weighted by atomic mass is 16.5. The molecule has 0 amide bonds. The molecule has 2 heterocycles. The third kappa shape index (κ3) is 3.11. The van der Waals surface area contributed by atoms with Gasteiger partial charge in [-0.2, -0.15) is 0 Å². The molecule has 0 saturated carbocycles. The maximum Gasteiger partial charge on any atom is 0.317 e. The summed E-state index contributed by atoms with van der Waals surface area (Å²) in [5.41, 5.74) is 2.63. The van der Waals surface area contributed by atoms with Crippen molar-refractivity contribution in [1.29, 1.82) is 0 Å². The number of hydrogen-bond acceptors (Lipinski definition) is 4. The van der Waals surface area contributed by atoms with Gasteiger partial charge < -0.3 is 9.84 Å². The second-order valence-corrected chi connectivity index (χ2v) is 5.49. The van der Waals surface area contributed by atoms with Crippen LogP contribution in [0.3, 0.4) is 0 Å². The van der Waals surface area contributed by atoms with Crippen LogP contribution >= 0.6 is 0 Å². The van der Waals surface area contributed by atoms with Crippen molar-refractivity contribution in [2.24, 2.45) is 0 Å². The van der Waals surface area contributed by atoms with Crippen molar-refractivity contribution in [2.75, 3.05) is 39.3 Å². The molecule has 1 fully saturated rings. The van der Waals surface area contributed by atoms with Gasteiger partial charge in [-0.1, -0.05) is 12.1 Å². The molecule has 1 saturated heterocycles. The molecular formula is C15H20N2O3. The van der Waals surface area contributed by atoms with Crippen LogP contribution in [-0.4, -0.2) is 60.2 Å². The van der Waals surface area contributed by atoms with Gasteiger partial charge >= 0.3 is 5.97 Å². The standard InChI is InChI=1S/C15H20N2O3/c18-15(19)11-17-6-4-16(5-7-17)10-12-1-2-14-13(9-12)3-8-20-14/h1-2,9H,3-8,10-11H2,(H,18,19). The highest BCUT2D eigenvalue weighted by Crippen LogP contribution is 2.26. The van der Waals surface area contributed by atoms with Gasteiger partial charge in [0.05, 0.1) is 13.2 Å². The van der Waals surface area contributed by atoms with Gasteiger partial charge in [-0.25, -0.2) is 0 Å². The molecule has 0 unspecified atom stereocenters. The third-order valence-corrected chi connectivity index (χ3v) is 3.98. The van der Waals surface area contributed by atoms with E-state index in [1.807, 2.05) is 4.90 Å². The van der Waals surface area contributed by atoms with Gasteiger partial charge in [0.2, 0.25) is 0 Å². The van der Waals surface area contributed by atoms with E-state index in [1.165, 1.54) is 11.1 Å². The summed E-state index contributed by atoms with van der Waals surface area (Å²) in [5, 5.41) is 8.79. The van der Waals surface area contributed by atoms with Crippen molar-refractivity contribution in [1.82, 2.24) is 9.80 Å². The third-order valence-electron chi connectivity index (χ3n) is 3.98. The van der Waals surface area contributed by atoms with Crippen molar-refractivity contribution in [3.05, 3.63) is 29.3 Å². The molecule has 1 aromatic rings. The average Bonchev–Trinajstić information content (AvgIpc) is 2.88. The first-order chi connectivity index (χ1) is 9.70. The largest absolute Gasteiger partial charge is 0.493 e. The van der Waals surface area contributed by atoms with E-state index in [1.54, 1.807) is 0 Å². The summed E-state index contributed by atoms with van der Waals surface area (Å²) in [4.78, 5) is 15.1. The molecule has 0 radical (unpaired) electrons. The number of aliphatic carboxylic acids is 1. The van der Waals surface area contributed by atoms with E-state index >= 15 is 0 Å². The van der Waals surface area contributed by atoms with Gasteiger partial charge in [-0.05, 0) is 17.2 Å². The number of nitrogens with zero attached hydrogens (tertiary/aromatic N) is 2. The summed E-state index contributed by atoms with van der Waals surface area (Å²) in [5.74, 6) is 0.289. The van der Waals surface area contributed by atoms with Crippen LogP contribution in [0, 0.1) is 0 Å². The number of piperazine rings is 1. The lowest BCUT2D eigenvalue weighted by Gasteiger charge is -2.33. The highest BCUT2D eigenvalue weighted by molar-refractivity contribution is 5.69. The predicted octanol–water partition coefficient (Wildman–Crippen LogP) is 0.824. The maximum atomic E-state index is 10.7. The Hall–Kier alpha value is -1.59. The molecule has 20 heavy (non-hydrogen) atoms. The maximum absolute atomic E-state index is 10.7. The van der Waals surface area contributed by atoms with Crippen LogP contribution in [0.4, 0.5) is 0 Å². The van der Waals surface area contributed by atoms with Crippen molar-refractivity contribution in [2.45, 2.75) is 13.0 Å². The summed E-state index contributed by atoms with van der Waals surface area (Å²) in [6.45, 7) is 5.42. The molecule has 0 aliphatic carbocycles. The van der Waals surface area contributed by atoms with Crippen LogP contribution in [-0.2, 0) is 17.8 Å². The van der Waals surface area contributed by atoms with Crippen molar-refractivity contribution in [3.8, 4) is 5.75 Å². The van der Waals surface area contributed by atoms with Crippen LogP contribution < -0.4 is 4.74 Å². The fourth-order valence-corrected chi connectivity index (χ4v) is 2.89. The number of carbonyl (C=O) groups is 1.